The van der Waals surface area contributed by atoms with Crippen molar-refractivity contribution in [3.8, 4) is 5.75 Å². The van der Waals surface area contributed by atoms with E-state index in [2.05, 4.69) is 64.7 Å². The fraction of sp³-hybridized carbons (Fsp3) is 0.281. The first-order valence-corrected chi connectivity index (χ1v) is 14.0. The molecule has 0 spiro atoms. The average molecular weight is 585 g/mol. The van der Waals surface area contributed by atoms with E-state index in [1.165, 1.54) is 0 Å². The minimum Gasteiger partial charge on any atom is -0.487 e. The summed E-state index contributed by atoms with van der Waals surface area (Å²) in [5, 5.41) is 1.11. The van der Waals surface area contributed by atoms with E-state index in [1.54, 1.807) is 0 Å². The molecule has 2 heterocycles. The van der Waals surface area contributed by atoms with Gasteiger partial charge in [0, 0.05) is 28.4 Å². The summed E-state index contributed by atoms with van der Waals surface area (Å²) in [5.74, 6) is 1.24. The second kappa shape index (κ2) is 10.1. The van der Waals surface area contributed by atoms with E-state index >= 15 is 0 Å². The smallest absolute Gasteiger partial charge is 0.310 e. The number of hydrogen-bond donors (Lipinski definition) is 0. The lowest BCUT2D eigenvalue weighted by Gasteiger charge is -2.11. The van der Waals surface area contributed by atoms with Crippen LogP contribution in [0.5, 0.6) is 5.75 Å². The van der Waals surface area contributed by atoms with Crippen molar-refractivity contribution in [2.45, 2.75) is 39.8 Å². The highest BCUT2D eigenvalue weighted by molar-refractivity contribution is 9.10. The van der Waals surface area contributed by atoms with Crippen LogP contribution in [0.3, 0.4) is 0 Å². The average Bonchev–Trinajstić information content (AvgIpc) is 3.34. The molecule has 5 aromatic rings. The van der Waals surface area contributed by atoms with Crippen LogP contribution in [0.1, 0.15) is 43.8 Å². The Labute approximate surface area is 236 Å². The van der Waals surface area contributed by atoms with Crippen molar-refractivity contribution in [3.63, 3.8) is 0 Å². The van der Waals surface area contributed by atoms with Crippen molar-refractivity contribution in [2.24, 2.45) is 11.3 Å². The van der Waals surface area contributed by atoms with Gasteiger partial charge in [0.2, 0.25) is 0 Å². The van der Waals surface area contributed by atoms with Gasteiger partial charge in [0.05, 0.1) is 34.8 Å². The number of para-hydroxylation sites is 1. The molecule has 2 atom stereocenters. The van der Waals surface area contributed by atoms with Crippen molar-refractivity contribution in [1.29, 1.82) is 0 Å². The molecule has 2 aromatic heterocycles. The van der Waals surface area contributed by atoms with Crippen LogP contribution in [0, 0.1) is 11.3 Å². The minimum absolute atomic E-state index is 0.0257. The van der Waals surface area contributed by atoms with Crippen LogP contribution in [0.2, 0.25) is 0 Å². The Morgan fingerprint density at radius 3 is 2.64 bits per heavy atom. The van der Waals surface area contributed by atoms with Crippen LogP contribution in [0.4, 0.5) is 0 Å². The largest absolute Gasteiger partial charge is 0.487 e. The number of benzene rings is 3. The van der Waals surface area contributed by atoms with Crippen LogP contribution in [-0.4, -0.2) is 27.1 Å². The third-order valence-electron chi connectivity index (χ3n) is 7.67. The highest BCUT2D eigenvalue weighted by Gasteiger charge is 2.65. The monoisotopic (exact) mass is 583 g/mol. The van der Waals surface area contributed by atoms with Gasteiger partial charge in [-0.2, -0.15) is 0 Å². The summed E-state index contributed by atoms with van der Waals surface area (Å²) in [7, 11) is 0. The summed E-state index contributed by atoms with van der Waals surface area (Å²) in [4.78, 5) is 22.6. The predicted octanol–water partition coefficient (Wildman–Crippen LogP) is 7.28. The Morgan fingerprint density at radius 2 is 1.82 bits per heavy atom. The van der Waals surface area contributed by atoms with Crippen LogP contribution >= 0.6 is 15.9 Å². The van der Waals surface area contributed by atoms with E-state index in [-0.39, 0.29) is 23.2 Å². The summed E-state index contributed by atoms with van der Waals surface area (Å²) in [6.45, 7) is 7.47. The second-order valence-electron chi connectivity index (χ2n) is 10.6. The molecule has 7 heteroatoms. The number of carbonyl (C=O) groups excluding carboxylic acids is 1. The summed E-state index contributed by atoms with van der Waals surface area (Å²) < 4.78 is 14.8. The molecule has 3 aromatic carbocycles. The van der Waals surface area contributed by atoms with E-state index in [0.717, 1.165) is 49.2 Å². The normalized spacial score (nSPS) is 17.8. The maximum atomic E-state index is 12.8. The Kier molecular flexibility index (Phi) is 6.63. The molecule has 198 valence electrons. The van der Waals surface area contributed by atoms with Gasteiger partial charge in [0.25, 0.3) is 0 Å². The van der Waals surface area contributed by atoms with Gasteiger partial charge < -0.3 is 14.0 Å². The number of fused-ring (bicyclic) bond motifs is 2. The number of imidazole rings is 1. The van der Waals surface area contributed by atoms with Gasteiger partial charge in [0.1, 0.15) is 18.2 Å². The van der Waals surface area contributed by atoms with E-state index in [4.69, 9.17) is 19.4 Å². The first-order valence-electron chi connectivity index (χ1n) is 13.2. The lowest BCUT2D eigenvalue weighted by Crippen LogP contribution is -2.11. The number of aromatic nitrogens is 3. The molecule has 0 N–H and O–H groups in total. The molecule has 0 bridgehead atoms. The van der Waals surface area contributed by atoms with Crippen LogP contribution in [0.25, 0.3) is 21.9 Å². The van der Waals surface area contributed by atoms with Gasteiger partial charge >= 0.3 is 5.97 Å². The van der Waals surface area contributed by atoms with Crippen molar-refractivity contribution in [1.82, 2.24) is 14.5 Å². The van der Waals surface area contributed by atoms with E-state index in [1.807, 2.05) is 55.5 Å². The molecular weight excluding hydrogens is 554 g/mol. The number of hydrogen-bond acceptors (Lipinski definition) is 5. The zero-order valence-corrected chi connectivity index (χ0v) is 23.8. The standard InChI is InChI=1S/C32H30BrN3O3/c1-4-38-31(37)29-28(32(29,2)3)30-35-26-17-24(39-19-23-13-12-21-9-5-6-11-25(21)34-23)14-15-27(26)36(30)18-20-8-7-10-22(33)16-20/h5-17,28-29H,4,18-19H2,1-3H3/t28-,29+/m0/s1. The maximum Gasteiger partial charge on any atom is 0.310 e. The third-order valence-corrected chi connectivity index (χ3v) is 8.16. The summed E-state index contributed by atoms with van der Waals surface area (Å²) in [6.07, 6.45) is 0. The van der Waals surface area contributed by atoms with Gasteiger partial charge in [-0.1, -0.05) is 66.2 Å². The number of pyridine rings is 1. The lowest BCUT2D eigenvalue weighted by molar-refractivity contribution is -0.145. The Bertz CT molecular complexity index is 1690. The van der Waals surface area contributed by atoms with Gasteiger partial charge in [-0.15, -0.1) is 0 Å². The number of esters is 1. The second-order valence-corrected chi connectivity index (χ2v) is 11.6. The maximum absolute atomic E-state index is 12.8. The number of ether oxygens (including phenoxy) is 2. The molecule has 0 unspecified atom stereocenters. The molecular formula is C32H30BrN3O3. The highest BCUT2D eigenvalue weighted by Crippen LogP contribution is 2.64. The number of halogens is 1. The van der Waals surface area contributed by atoms with Crippen molar-refractivity contribution in [3.05, 3.63) is 100 Å². The minimum atomic E-state index is -0.232. The molecule has 1 aliphatic rings. The molecule has 6 nitrogen and oxygen atoms in total. The quantitative estimate of drug-likeness (QED) is 0.180. The molecule has 1 fully saturated rings. The summed E-state index contributed by atoms with van der Waals surface area (Å²) >= 11 is 3.59. The highest BCUT2D eigenvalue weighted by atomic mass is 79.9. The SMILES string of the molecule is CCOC(=O)[C@H]1[C@@H](c2nc3cc(OCc4ccc5ccccc5n4)ccc3n2Cc2cccc(Br)c2)C1(C)C. The lowest BCUT2D eigenvalue weighted by atomic mass is 10.1. The fourth-order valence-corrected chi connectivity index (χ4v) is 6.02. The van der Waals surface area contributed by atoms with Gasteiger partial charge in [0.15, 0.2) is 0 Å². The van der Waals surface area contributed by atoms with Crippen molar-refractivity contribution >= 4 is 43.8 Å². The molecule has 0 aliphatic heterocycles. The van der Waals surface area contributed by atoms with E-state index in [0.29, 0.717) is 19.8 Å². The van der Waals surface area contributed by atoms with Crippen molar-refractivity contribution in [2.75, 3.05) is 6.61 Å². The molecule has 0 radical (unpaired) electrons. The third kappa shape index (κ3) is 4.91. The first-order chi connectivity index (χ1) is 18.8. The fourth-order valence-electron chi connectivity index (χ4n) is 5.58. The van der Waals surface area contributed by atoms with Crippen LogP contribution < -0.4 is 4.74 Å². The topological polar surface area (TPSA) is 66.2 Å². The summed E-state index contributed by atoms with van der Waals surface area (Å²) in [5.41, 5.74) is 4.59. The zero-order chi connectivity index (χ0) is 27.1. The van der Waals surface area contributed by atoms with Gasteiger partial charge in [-0.05, 0) is 54.3 Å². The zero-order valence-electron chi connectivity index (χ0n) is 22.2. The molecule has 39 heavy (non-hydrogen) atoms. The number of nitrogens with zero attached hydrogens (tertiary/aromatic N) is 3. The van der Waals surface area contributed by atoms with E-state index in [9.17, 15) is 4.79 Å². The number of carbonyl (C=O) groups is 1. The molecule has 6 rings (SSSR count). The summed E-state index contributed by atoms with van der Waals surface area (Å²) in [6, 6.07) is 26.4. The van der Waals surface area contributed by atoms with E-state index < -0.39 is 0 Å². The Morgan fingerprint density at radius 1 is 0.974 bits per heavy atom. The first kappa shape index (κ1) is 25.6. The number of rotatable bonds is 8. The predicted molar refractivity (Wildman–Crippen MR) is 156 cm³/mol. The Hall–Kier alpha value is -3.71. The van der Waals surface area contributed by atoms with Gasteiger partial charge in [-0.25, -0.2) is 9.97 Å². The molecule has 1 aliphatic carbocycles. The molecule has 0 saturated heterocycles. The van der Waals surface area contributed by atoms with Gasteiger partial charge in [-0.3, -0.25) is 4.79 Å². The Balaban J connectivity index is 1.33. The van der Waals surface area contributed by atoms with Crippen LogP contribution in [0.15, 0.2) is 83.3 Å². The van der Waals surface area contributed by atoms with Crippen molar-refractivity contribution < 1.29 is 14.3 Å². The molecule has 1 saturated carbocycles. The van der Waals surface area contributed by atoms with Crippen LogP contribution in [-0.2, 0) is 22.7 Å². The molecule has 0 amide bonds.